The zero-order valence-corrected chi connectivity index (χ0v) is 7.34. The lowest BCUT2D eigenvalue weighted by Gasteiger charge is -2.02. The summed E-state index contributed by atoms with van der Waals surface area (Å²) < 4.78 is 1.57. The standard InChI is InChI=1S/C10H7N3O/c14-9-7-3-1-2-4-8(7)12-10-11-5-6-13(9)10/h1-5H,6H2. The number of para-hydroxylation sites is 1. The Morgan fingerprint density at radius 3 is 3.07 bits per heavy atom. The first-order valence-electron chi connectivity index (χ1n) is 4.38. The van der Waals surface area contributed by atoms with Gasteiger partial charge in [0.1, 0.15) is 0 Å². The fourth-order valence-corrected chi connectivity index (χ4v) is 1.62. The molecule has 0 radical (unpaired) electrons. The van der Waals surface area contributed by atoms with Crippen molar-refractivity contribution >= 4 is 23.1 Å². The highest BCUT2D eigenvalue weighted by atomic mass is 16.1. The van der Waals surface area contributed by atoms with Gasteiger partial charge in [-0.25, -0.2) is 9.98 Å². The molecule has 0 N–H and O–H groups in total. The maximum absolute atomic E-state index is 11.9. The summed E-state index contributed by atoms with van der Waals surface area (Å²) >= 11 is 0. The SMILES string of the molecule is O=c1c2ccccc2nc2n1CC=N2. The van der Waals surface area contributed by atoms with Crippen molar-refractivity contribution in [2.45, 2.75) is 6.54 Å². The fraction of sp³-hybridized carbons (Fsp3) is 0.100. The monoisotopic (exact) mass is 185 g/mol. The van der Waals surface area contributed by atoms with Gasteiger partial charge in [-0.1, -0.05) is 12.1 Å². The average Bonchev–Trinajstić information content (AvgIpc) is 2.66. The summed E-state index contributed by atoms with van der Waals surface area (Å²) in [4.78, 5) is 20.2. The van der Waals surface area contributed by atoms with Gasteiger partial charge in [0.2, 0.25) is 5.95 Å². The number of aliphatic imine (C=N–C) groups is 1. The maximum atomic E-state index is 11.9. The number of fused-ring (bicyclic) bond motifs is 2. The van der Waals surface area contributed by atoms with Gasteiger partial charge in [0.25, 0.3) is 5.56 Å². The quantitative estimate of drug-likeness (QED) is 0.617. The molecule has 0 saturated carbocycles. The molecule has 3 rings (SSSR count). The molecule has 1 aromatic heterocycles. The van der Waals surface area contributed by atoms with Crippen LogP contribution in [0.15, 0.2) is 34.1 Å². The van der Waals surface area contributed by atoms with Crippen molar-refractivity contribution in [2.75, 3.05) is 0 Å². The molecule has 4 nitrogen and oxygen atoms in total. The lowest BCUT2D eigenvalue weighted by atomic mass is 10.2. The van der Waals surface area contributed by atoms with Crippen molar-refractivity contribution < 1.29 is 0 Å². The predicted molar refractivity (Wildman–Crippen MR) is 54.2 cm³/mol. The average molecular weight is 185 g/mol. The molecule has 0 saturated heterocycles. The zero-order valence-electron chi connectivity index (χ0n) is 7.34. The molecular formula is C10H7N3O. The number of hydrogen-bond donors (Lipinski definition) is 0. The Morgan fingerprint density at radius 2 is 2.14 bits per heavy atom. The summed E-state index contributed by atoms with van der Waals surface area (Å²) in [7, 11) is 0. The van der Waals surface area contributed by atoms with Crippen LogP contribution in [0.3, 0.4) is 0 Å². The Morgan fingerprint density at radius 1 is 1.29 bits per heavy atom. The van der Waals surface area contributed by atoms with Crippen molar-refractivity contribution in [1.29, 1.82) is 0 Å². The van der Waals surface area contributed by atoms with Crippen LogP contribution in [0, 0.1) is 0 Å². The largest absolute Gasteiger partial charge is 0.271 e. The van der Waals surface area contributed by atoms with E-state index in [9.17, 15) is 4.79 Å². The first-order valence-corrected chi connectivity index (χ1v) is 4.38. The van der Waals surface area contributed by atoms with E-state index in [1.54, 1.807) is 16.8 Å². The van der Waals surface area contributed by atoms with E-state index in [-0.39, 0.29) is 5.56 Å². The molecule has 14 heavy (non-hydrogen) atoms. The normalized spacial score (nSPS) is 13.4. The number of rotatable bonds is 0. The first-order chi connectivity index (χ1) is 6.86. The van der Waals surface area contributed by atoms with E-state index in [1.165, 1.54) is 0 Å². The number of aromatic nitrogens is 2. The molecular weight excluding hydrogens is 178 g/mol. The molecule has 0 fully saturated rings. The molecule has 0 atom stereocenters. The van der Waals surface area contributed by atoms with Crippen LogP contribution in [-0.4, -0.2) is 15.8 Å². The van der Waals surface area contributed by atoms with Gasteiger partial charge in [-0.05, 0) is 12.1 Å². The lowest BCUT2D eigenvalue weighted by Crippen LogP contribution is -2.19. The highest BCUT2D eigenvalue weighted by molar-refractivity contribution is 5.80. The summed E-state index contributed by atoms with van der Waals surface area (Å²) in [6.07, 6.45) is 1.70. The Bertz CT molecular complexity index is 598. The van der Waals surface area contributed by atoms with Gasteiger partial charge < -0.3 is 0 Å². The van der Waals surface area contributed by atoms with E-state index in [0.717, 1.165) is 0 Å². The molecule has 0 unspecified atom stereocenters. The van der Waals surface area contributed by atoms with Gasteiger partial charge in [0.05, 0.1) is 17.4 Å². The summed E-state index contributed by atoms with van der Waals surface area (Å²) in [5, 5.41) is 0.654. The van der Waals surface area contributed by atoms with E-state index < -0.39 is 0 Å². The van der Waals surface area contributed by atoms with Crippen LogP contribution in [0.25, 0.3) is 10.9 Å². The summed E-state index contributed by atoms with van der Waals surface area (Å²) in [5.74, 6) is 0.508. The van der Waals surface area contributed by atoms with Crippen LogP contribution in [0.5, 0.6) is 0 Å². The van der Waals surface area contributed by atoms with E-state index >= 15 is 0 Å². The summed E-state index contributed by atoms with van der Waals surface area (Å²) in [6, 6.07) is 7.32. The Kier molecular flexibility index (Phi) is 1.33. The number of nitrogens with zero attached hydrogens (tertiary/aromatic N) is 3. The van der Waals surface area contributed by atoms with Crippen molar-refractivity contribution in [3.63, 3.8) is 0 Å². The van der Waals surface area contributed by atoms with Crippen LogP contribution < -0.4 is 5.56 Å². The van der Waals surface area contributed by atoms with E-state index in [0.29, 0.717) is 23.4 Å². The van der Waals surface area contributed by atoms with E-state index in [2.05, 4.69) is 9.98 Å². The van der Waals surface area contributed by atoms with Crippen molar-refractivity contribution in [2.24, 2.45) is 4.99 Å². The zero-order chi connectivity index (χ0) is 9.54. The second-order valence-corrected chi connectivity index (χ2v) is 3.16. The number of hydrogen-bond acceptors (Lipinski definition) is 3. The molecule has 68 valence electrons. The van der Waals surface area contributed by atoms with Gasteiger partial charge in [-0.2, -0.15) is 0 Å². The molecule has 2 heterocycles. The highest BCUT2D eigenvalue weighted by Gasteiger charge is 2.11. The lowest BCUT2D eigenvalue weighted by molar-refractivity contribution is 0.837. The van der Waals surface area contributed by atoms with Crippen LogP contribution >= 0.6 is 0 Å². The Hall–Kier alpha value is -1.97. The van der Waals surface area contributed by atoms with Crippen LogP contribution in [0.2, 0.25) is 0 Å². The van der Waals surface area contributed by atoms with Crippen molar-refractivity contribution in [3.05, 3.63) is 34.6 Å². The third-order valence-corrected chi connectivity index (χ3v) is 2.31. The Labute approximate surface area is 79.5 Å². The van der Waals surface area contributed by atoms with Crippen LogP contribution in [-0.2, 0) is 6.54 Å². The molecule has 1 aliphatic heterocycles. The highest BCUT2D eigenvalue weighted by Crippen LogP contribution is 2.15. The maximum Gasteiger partial charge on any atom is 0.263 e. The van der Waals surface area contributed by atoms with Gasteiger partial charge in [0.15, 0.2) is 0 Å². The van der Waals surface area contributed by atoms with Crippen molar-refractivity contribution in [3.8, 4) is 0 Å². The van der Waals surface area contributed by atoms with Gasteiger partial charge in [-0.15, -0.1) is 0 Å². The smallest absolute Gasteiger partial charge is 0.263 e. The minimum Gasteiger partial charge on any atom is -0.271 e. The Balaban J connectivity index is 2.54. The first kappa shape index (κ1) is 7.44. The van der Waals surface area contributed by atoms with Crippen molar-refractivity contribution in [1.82, 2.24) is 9.55 Å². The topological polar surface area (TPSA) is 47.2 Å². The summed E-state index contributed by atoms with van der Waals surface area (Å²) in [5.41, 5.74) is 0.700. The second kappa shape index (κ2) is 2.51. The van der Waals surface area contributed by atoms with Gasteiger partial charge in [0, 0.05) is 6.21 Å². The van der Waals surface area contributed by atoms with Crippen LogP contribution in [0.4, 0.5) is 5.95 Å². The van der Waals surface area contributed by atoms with E-state index in [4.69, 9.17) is 0 Å². The molecule has 0 aliphatic carbocycles. The molecule has 0 spiro atoms. The molecule has 2 aromatic rings. The molecule has 1 aliphatic rings. The van der Waals surface area contributed by atoms with Gasteiger partial charge >= 0.3 is 0 Å². The summed E-state index contributed by atoms with van der Waals surface area (Å²) in [6.45, 7) is 0.534. The van der Waals surface area contributed by atoms with Crippen LogP contribution in [0.1, 0.15) is 0 Å². The van der Waals surface area contributed by atoms with Gasteiger partial charge in [-0.3, -0.25) is 9.36 Å². The third-order valence-electron chi connectivity index (χ3n) is 2.31. The minimum atomic E-state index is -0.0110. The molecule has 0 amide bonds. The second-order valence-electron chi connectivity index (χ2n) is 3.16. The predicted octanol–water partition coefficient (Wildman–Crippen LogP) is 1.11. The molecule has 4 heteroatoms. The minimum absolute atomic E-state index is 0.0110. The third kappa shape index (κ3) is 0.849. The number of benzene rings is 1. The molecule has 0 bridgehead atoms. The van der Waals surface area contributed by atoms with E-state index in [1.807, 2.05) is 18.2 Å². The molecule has 1 aromatic carbocycles. The fourth-order valence-electron chi connectivity index (χ4n) is 1.62.